The molecule has 3 rings (SSSR count). The highest BCUT2D eigenvalue weighted by Gasteiger charge is 2.39. The monoisotopic (exact) mass is 326 g/mol. The molecule has 0 atom stereocenters. The van der Waals surface area contributed by atoms with Crippen LogP contribution in [0, 0.1) is 11.8 Å². The summed E-state index contributed by atoms with van der Waals surface area (Å²) in [5.74, 6) is 6.02. The van der Waals surface area contributed by atoms with Crippen molar-refractivity contribution in [2.45, 2.75) is 0 Å². The fourth-order valence-corrected chi connectivity index (χ4v) is 6.05. The second-order valence-electron chi connectivity index (χ2n) is 5.46. The van der Waals surface area contributed by atoms with Gasteiger partial charge in [0.15, 0.2) is 0 Å². The molecule has 0 saturated heterocycles. The molecule has 0 spiro atoms. The molecule has 0 fully saturated rings. The highest BCUT2D eigenvalue weighted by atomic mass is 28.4. The maximum atomic E-state index is 12.0. The van der Waals surface area contributed by atoms with Gasteiger partial charge in [0.2, 0.25) is 0 Å². The Balaban J connectivity index is 2.30. The fraction of sp³-hybridized carbons (Fsp3) is 0. The average molecular weight is 326 g/mol. The molecule has 24 heavy (non-hydrogen) atoms. The Morgan fingerprint density at radius 2 is 1.25 bits per heavy atom. The molecule has 0 amide bonds. The van der Waals surface area contributed by atoms with Gasteiger partial charge in [-0.3, -0.25) is 0 Å². The zero-order chi connectivity index (χ0) is 16.8. The van der Waals surface area contributed by atoms with Gasteiger partial charge in [-0.05, 0) is 27.7 Å². The van der Waals surface area contributed by atoms with E-state index in [1.165, 1.54) is 0 Å². The van der Waals surface area contributed by atoms with E-state index in [9.17, 15) is 4.80 Å². The van der Waals surface area contributed by atoms with Crippen molar-refractivity contribution in [1.29, 1.82) is 0 Å². The highest BCUT2D eigenvalue weighted by Crippen LogP contribution is 2.07. The molecule has 0 unspecified atom stereocenters. The molecule has 0 aliphatic heterocycles. The average Bonchev–Trinajstić information content (AvgIpc) is 2.67. The topological polar surface area (TPSA) is 20.2 Å². The van der Waals surface area contributed by atoms with Crippen molar-refractivity contribution in [2.75, 3.05) is 0 Å². The van der Waals surface area contributed by atoms with Crippen LogP contribution in [-0.2, 0) is 0 Å². The van der Waals surface area contributed by atoms with Gasteiger partial charge in [0.25, 0.3) is 8.32 Å². The zero-order valence-corrected chi connectivity index (χ0v) is 14.3. The molecule has 0 aliphatic rings. The van der Waals surface area contributed by atoms with Crippen LogP contribution in [0.25, 0.3) is 0 Å². The number of hydrogen-bond donors (Lipinski definition) is 1. The Morgan fingerprint density at radius 3 is 1.79 bits per heavy atom. The van der Waals surface area contributed by atoms with E-state index in [1.54, 1.807) is 6.08 Å². The van der Waals surface area contributed by atoms with Gasteiger partial charge in [0.05, 0.1) is 0 Å². The summed E-state index contributed by atoms with van der Waals surface area (Å²) in [6.07, 6.45) is 1.57. The SMILES string of the molecule is C=CC#Cc1ccccc1[Si](O)(c1ccccc1)c1ccccc1. The van der Waals surface area contributed by atoms with Gasteiger partial charge in [0, 0.05) is 5.56 Å². The summed E-state index contributed by atoms with van der Waals surface area (Å²) in [5, 5.41) is 2.80. The molecule has 116 valence electrons. The Labute approximate surface area is 144 Å². The molecule has 0 saturated carbocycles. The molecular formula is C22H18OSi. The maximum Gasteiger partial charge on any atom is 0.286 e. The molecule has 2 heteroatoms. The summed E-state index contributed by atoms with van der Waals surface area (Å²) in [4.78, 5) is 12.0. The first-order valence-corrected chi connectivity index (χ1v) is 9.77. The lowest BCUT2D eigenvalue weighted by molar-refractivity contribution is 0.583. The molecule has 0 radical (unpaired) electrons. The van der Waals surface area contributed by atoms with Crippen LogP contribution in [0.4, 0.5) is 0 Å². The number of benzene rings is 3. The Kier molecular flexibility index (Phi) is 4.76. The van der Waals surface area contributed by atoms with Crippen LogP contribution in [0.5, 0.6) is 0 Å². The third-order valence-corrected chi connectivity index (χ3v) is 7.56. The van der Waals surface area contributed by atoms with Gasteiger partial charge in [-0.1, -0.05) is 97.3 Å². The minimum absolute atomic E-state index is 0.847. The van der Waals surface area contributed by atoms with Gasteiger partial charge in [-0.25, -0.2) is 0 Å². The standard InChI is InChI=1S/C22H18OSi/c1-2-3-12-19-13-10-11-18-22(19)24(23,20-14-6-4-7-15-20)21-16-8-5-9-17-21/h2,4-11,13-18,23H,1H2. The van der Waals surface area contributed by atoms with E-state index in [1.807, 2.05) is 84.9 Å². The summed E-state index contributed by atoms with van der Waals surface area (Å²) >= 11 is 0. The van der Waals surface area contributed by atoms with E-state index in [0.717, 1.165) is 21.1 Å². The van der Waals surface area contributed by atoms with Crippen molar-refractivity contribution in [2.24, 2.45) is 0 Å². The Bertz CT molecular complexity index is 850. The van der Waals surface area contributed by atoms with E-state index in [2.05, 4.69) is 18.4 Å². The predicted octanol–water partition coefficient (Wildman–Crippen LogP) is 2.18. The lowest BCUT2D eigenvalue weighted by Gasteiger charge is -2.28. The summed E-state index contributed by atoms with van der Waals surface area (Å²) < 4.78 is 0. The molecule has 1 nitrogen and oxygen atoms in total. The second-order valence-corrected chi connectivity index (χ2v) is 8.58. The molecular weight excluding hydrogens is 308 g/mol. The van der Waals surface area contributed by atoms with Gasteiger partial charge < -0.3 is 4.80 Å². The van der Waals surface area contributed by atoms with Gasteiger partial charge in [-0.15, -0.1) is 0 Å². The van der Waals surface area contributed by atoms with Crippen molar-refractivity contribution in [3.8, 4) is 11.8 Å². The van der Waals surface area contributed by atoms with E-state index in [0.29, 0.717) is 0 Å². The van der Waals surface area contributed by atoms with Crippen LogP contribution in [0.3, 0.4) is 0 Å². The maximum absolute atomic E-state index is 12.0. The molecule has 0 aromatic heterocycles. The number of hydrogen-bond acceptors (Lipinski definition) is 1. The predicted molar refractivity (Wildman–Crippen MR) is 103 cm³/mol. The smallest absolute Gasteiger partial charge is 0.286 e. The van der Waals surface area contributed by atoms with E-state index >= 15 is 0 Å². The third kappa shape index (κ3) is 2.96. The van der Waals surface area contributed by atoms with Crippen LogP contribution in [0.15, 0.2) is 97.6 Å². The molecule has 0 heterocycles. The molecule has 0 aliphatic carbocycles. The van der Waals surface area contributed by atoms with Crippen molar-refractivity contribution in [1.82, 2.24) is 0 Å². The number of allylic oxidation sites excluding steroid dienone is 1. The minimum atomic E-state index is -3.11. The summed E-state index contributed by atoms with van der Waals surface area (Å²) in [6.45, 7) is 3.66. The van der Waals surface area contributed by atoms with E-state index in [4.69, 9.17) is 0 Å². The Morgan fingerprint density at radius 1 is 0.750 bits per heavy atom. The Hall–Kier alpha value is -2.86. The lowest BCUT2D eigenvalue weighted by atomic mass is 10.2. The normalized spacial score (nSPS) is 10.5. The van der Waals surface area contributed by atoms with E-state index < -0.39 is 8.32 Å². The van der Waals surface area contributed by atoms with Gasteiger partial charge in [-0.2, -0.15) is 0 Å². The van der Waals surface area contributed by atoms with Crippen molar-refractivity contribution >= 4 is 23.9 Å². The first-order chi connectivity index (χ1) is 11.8. The van der Waals surface area contributed by atoms with E-state index in [-0.39, 0.29) is 0 Å². The molecule has 3 aromatic carbocycles. The summed E-state index contributed by atoms with van der Waals surface area (Å²) in [7, 11) is -3.11. The molecule has 0 bridgehead atoms. The van der Waals surface area contributed by atoms with Gasteiger partial charge in [0.1, 0.15) is 0 Å². The zero-order valence-electron chi connectivity index (χ0n) is 13.3. The minimum Gasteiger partial charge on any atom is -0.421 e. The lowest BCUT2D eigenvalue weighted by Crippen LogP contribution is -2.68. The van der Waals surface area contributed by atoms with Crippen molar-refractivity contribution in [3.05, 3.63) is 103 Å². The first-order valence-electron chi connectivity index (χ1n) is 7.82. The third-order valence-electron chi connectivity index (χ3n) is 4.01. The quantitative estimate of drug-likeness (QED) is 0.444. The van der Waals surface area contributed by atoms with Crippen LogP contribution in [0.1, 0.15) is 5.56 Å². The summed E-state index contributed by atoms with van der Waals surface area (Å²) in [6, 6.07) is 27.6. The van der Waals surface area contributed by atoms with Crippen LogP contribution >= 0.6 is 0 Å². The van der Waals surface area contributed by atoms with Crippen LogP contribution < -0.4 is 15.6 Å². The van der Waals surface area contributed by atoms with Crippen LogP contribution in [0.2, 0.25) is 0 Å². The summed E-state index contributed by atoms with van der Waals surface area (Å²) in [5.41, 5.74) is 0.847. The fourth-order valence-electron chi connectivity index (χ4n) is 2.87. The van der Waals surface area contributed by atoms with Crippen LogP contribution in [-0.4, -0.2) is 13.1 Å². The molecule has 3 aromatic rings. The number of rotatable bonds is 3. The second kappa shape index (κ2) is 7.14. The first kappa shape index (κ1) is 16.0. The van der Waals surface area contributed by atoms with Gasteiger partial charge >= 0.3 is 0 Å². The largest absolute Gasteiger partial charge is 0.421 e. The molecule has 1 N–H and O–H groups in total. The highest BCUT2D eigenvalue weighted by molar-refractivity contribution is 7.06. The van der Waals surface area contributed by atoms with Crippen molar-refractivity contribution in [3.63, 3.8) is 0 Å². The van der Waals surface area contributed by atoms with Crippen molar-refractivity contribution < 1.29 is 4.80 Å².